The van der Waals surface area contributed by atoms with E-state index < -0.39 is 80.0 Å². The fourth-order valence-corrected chi connectivity index (χ4v) is 4.57. The molecule has 234 valence electrons. The van der Waals surface area contributed by atoms with Crippen molar-refractivity contribution >= 4 is 11.9 Å². The zero-order chi connectivity index (χ0) is 29.8. The van der Waals surface area contributed by atoms with Gasteiger partial charge in [-0.2, -0.15) is 0 Å². The molecule has 0 aromatic carbocycles. The molecule has 2 aliphatic rings. The largest absolute Gasteiger partial charge is 0.463 e. The number of esters is 2. The summed E-state index contributed by atoms with van der Waals surface area (Å²) >= 11 is 0. The minimum absolute atomic E-state index is 0.184. The van der Waals surface area contributed by atoms with Crippen LogP contribution in [-0.2, 0) is 38.0 Å². The molecule has 0 spiro atoms. The predicted molar refractivity (Wildman–Crippen MR) is 135 cm³/mol. The molecule has 2 rings (SSSR count). The van der Waals surface area contributed by atoms with E-state index in [4.69, 9.17) is 33.5 Å². The van der Waals surface area contributed by atoms with Crippen LogP contribution < -0.4 is 0 Å². The lowest BCUT2D eigenvalue weighted by atomic mass is 9.97. The molecule has 0 radical (unpaired) electrons. The number of rotatable bonds is 16. The minimum atomic E-state index is -1.77. The third-order valence-corrected chi connectivity index (χ3v) is 6.89. The maximum atomic E-state index is 11.3. The van der Waals surface area contributed by atoms with Crippen LogP contribution in [0.2, 0.25) is 0 Å². The SMILES string of the molecule is CC(=O)OCC1O[C@@H](OC2[C@@H](OC(C)CCCCCCCCO)OC(COC(C)=O)[C@@H](O)[C@@H]2O)C(O)[C@@H](O)[C@@H]1O. The van der Waals surface area contributed by atoms with Crippen molar-refractivity contribution in [2.24, 2.45) is 0 Å². The first-order chi connectivity index (χ1) is 19.0. The van der Waals surface area contributed by atoms with Crippen LogP contribution in [0.3, 0.4) is 0 Å². The molecule has 0 aromatic rings. The number of hydrogen-bond donors (Lipinski definition) is 6. The molecule has 0 bridgehead atoms. The first-order valence-corrected chi connectivity index (χ1v) is 13.9. The van der Waals surface area contributed by atoms with Gasteiger partial charge in [-0.15, -0.1) is 0 Å². The van der Waals surface area contributed by atoms with Crippen LogP contribution in [0.15, 0.2) is 0 Å². The molecule has 2 heterocycles. The molecular formula is C26H46O14. The van der Waals surface area contributed by atoms with Gasteiger partial charge >= 0.3 is 11.9 Å². The summed E-state index contributed by atoms with van der Waals surface area (Å²) in [5, 5.41) is 61.5. The van der Waals surface area contributed by atoms with Crippen molar-refractivity contribution < 1.29 is 68.6 Å². The Morgan fingerprint density at radius 2 is 1.20 bits per heavy atom. The third-order valence-electron chi connectivity index (χ3n) is 6.89. The van der Waals surface area contributed by atoms with Crippen molar-refractivity contribution in [2.75, 3.05) is 19.8 Å². The molecule has 2 saturated heterocycles. The smallest absolute Gasteiger partial charge is 0.302 e. The number of carbonyl (C=O) groups excluding carboxylic acids is 2. The highest BCUT2D eigenvalue weighted by Gasteiger charge is 2.51. The lowest BCUT2D eigenvalue weighted by Gasteiger charge is -2.46. The fraction of sp³-hybridized carbons (Fsp3) is 0.923. The Hall–Kier alpha value is -1.46. The minimum Gasteiger partial charge on any atom is -0.463 e. The van der Waals surface area contributed by atoms with E-state index in [-0.39, 0.29) is 19.3 Å². The Labute approximate surface area is 234 Å². The Balaban J connectivity index is 2.10. The molecule has 11 atom stereocenters. The monoisotopic (exact) mass is 582 g/mol. The summed E-state index contributed by atoms with van der Waals surface area (Å²) in [6.45, 7) is 3.52. The molecule has 0 amide bonds. The topological polar surface area (TPSA) is 211 Å². The number of carbonyl (C=O) groups is 2. The maximum Gasteiger partial charge on any atom is 0.302 e. The molecule has 2 aliphatic heterocycles. The average molecular weight is 583 g/mol. The van der Waals surface area contributed by atoms with Gasteiger partial charge in [0.1, 0.15) is 62.0 Å². The second kappa shape index (κ2) is 17.5. The molecule has 2 fully saturated rings. The summed E-state index contributed by atoms with van der Waals surface area (Å²) in [6.07, 6.45) is -9.28. The predicted octanol–water partition coefficient (Wildman–Crippen LogP) is -1.12. The van der Waals surface area contributed by atoms with Crippen molar-refractivity contribution in [1.29, 1.82) is 0 Å². The second-order valence-corrected chi connectivity index (χ2v) is 10.3. The number of ether oxygens (including phenoxy) is 6. The molecule has 5 unspecified atom stereocenters. The number of aliphatic hydroxyl groups is 6. The van der Waals surface area contributed by atoms with E-state index >= 15 is 0 Å². The van der Waals surface area contributed by atoms with E-state index in [0.29, 0.717) is 6.42 Å². The highest BCUT2D eigenvalue weighted by molar-refractivity contribution is 5.66. The summed E-state index contributed by atoms with van der Waals surface area (Å²) in [5.41, 5.74) is 0. The zero-order valence-corrected chi connectivity index (χ0v) is 23.4. The van der Waals surface area contributed by atoms with Gasteiger partial charge in [-0.3, -0.25) is 9.59 Å². The van der Waals surface area contributed by atoms with Gasteiger partial charge in [-0.1, -0.05) is 32.1 Å². The van der Waals surface area contributed by atoms with E-state index in [9.17, 15) is 35.1 Å². The molecule has 14 nitrogen and oxygen atoms in total. The molecule has 0 saturated carbocycles. The number of unbranched alkanes of at least 4 members (excludes halogenated alkanes) is 5. The Morgan fingerprint density at radius 3 is 1.75 bits per heavy atom. The molecule has 14 heteroatoms. The normalized spacial score (nSPS) is 35.2. The van der Waals surface area contributed by atoms with Gasteiger partial charge in [0.15, 0.2) is 12.6 Å². The first kappa shape index (κ1) is 34.7. The van der Waals surface area contributed by atoms with Crippen molar-refractivity contribution in [3.8, 4) is 0 Å². The maximum absolute atomic E-state index is 11.3. The third kappa shape index (κ3) is 10.7. The van der Waals surface area contributed by atoms with E-state index in [0.717, 1.165) is 45.4 Å². The second-order valence-electron chi connectivity index (χ2n) is 10.3. The van der Waals surface area contributed by atoms with Gasteiger partial charge < -0.3 is 59.1 Å². The van der Waals surface area contributed by atoms with E-state index in [1.165, 1.54) is 6.92 Å². The average Bonchev–Trinajstić information content (AvgIpc) is 2.90. The van der Waals surface area contributed by atoms with Crippen molar-refractivity contribution in [3.05, 3.63) is 0 Å². The number of aliphatic hydroxyl groups excluding tert-OH is 6. The molecule has 6 N–H and O–H groups in total. The molecule has 0 aliphatic carbocycles. The Bertz CT molecular complexity index is 753. The van der Waals surface area contributed by atoms with Crippen LogP contribution in [0.1, 0.15) is 65.7 Å². The van der Waals surface area contributed by atoms with Crippen molar-refractivity contribution in [2.45, 2.75) is 133 Å². The van der Waals surface area contributed by atoms with Crippen LogP contribution in [0.4, 0.5) is 0 Å². The molecule has 40 heavy (non-hydrogen) atoms. The lowest BCUT2D eigenvalue weighted by molar-refractivity contribution is -0.371. The summed E-state index contributed by atoms with van der Waals surface area (Å²) in [7, 11) is 0. The van der Waals surface area contributed by atoms with E-state index in [1.54, 1.807) is 6.92 Å². The van der Waals surface area contributed by atoms with Crippen LogP contribution in [0.5, 0.6) is 0 Å². The van der Waals surface area contributed by atoms with Gasteiger partial charge in [0.25, 0.3) is 0 Å². The number of hydrogen-bond acceptors (Lipinski definition) is 14. The van der Waals surface area contributed by atoms with Crippen LogP contribution in [-0.4, -0.2) is 130 Å². The van der Waals surface area contributed by atoms with Gasteiger partial charge in [-0.25, -0.2) is 0 Å². The fourth-order valence-electron chi connectivity index (χ4n) is 4.57. The summed E-state index contributed by atoms with van der Waals surface area (Å²) in [5.74, 6) is -1.27. The highest BCUT2D eigenvalue weighted by atomic mass is 16.8. The van der Waals surface area contributed by atoms with Crippen molar-refractivity contribution in [1.82, 2.24) is 0 Å². The zero-order valence-electron chi connectivity index (χ0n) is 23.4. The van der Waals surface area contributed by atoms with Gasteiger partial charge in [-0.05, 0) is 19.8 Å². The standard InChI is InChI=1S/C26H46O14/c1-14(10-8-6-4-5-7-9-11-27)37-26-24(22(33)20(31)18(39-26)13-36-16(3)29)40-25-23(34)21(32)19(30)17(38-25)12-35-15(2)28/h14,17-27,30-34H,4-13H2,1-3H3/t14?,17?,18?,19-,20-,21+,22+,23?,24?,25+,26+/m1/s1. The summed E-state index contributed by atoms with van der Waals surface area (Å²) in [6, 6.07) is 0. The quantitative estimate of drug-likeness (QED) is 0.0940. The van der Waals surface area contributed by atoms with Gasteiger partial charge in [0, 0.05) is 20.5 Å². The van der Waals surface area contributed by atoms with Crippen LogP contribution in [0.25, 0.3) is 0 Å². The van der Waals surface area contributed by atoms with Crippen LogP contribution >= 0.6 is 0 Å². The van der Waals surface area contributed by atoms with E-state index in [2.05, 4.69) is 0 Å². The van der Waals surface area contributed by atoms with Gasteiger partial charge in [0.05, 0.1) is 6.10 Å². The Morgan fingerprint density at radius 1 is 0.700 bits per heavy atom. The molecule has 0 aromatic heterocycles. The first-order valence-electron chi connectivity index (χ1n) is 13.9. The summed E-state index contributed by atoms with van der Waals surface area (Å²) in [4.78, 5) is 22.5. The van der Waals surface area contributed by atoms with Crippen molar-refractivity contribution in [3.63, 3.8) is 0 Å². The lowest BCUT2D eigenvalue weighted by Crippen LogP contribution is -2.65. The highest BCUT2D eigenvalue weighted by Crippen LogP contribution is 2.31. The van der Waals surface area contributed by atoms with E-state index in [1.807, 2.05) is 0 Å². The summed E-state index contributed by atoms with van der Waals surface area (Å²) < 4.78 is 33.0. The van der Waals surface area contributed by atoms with Gasteiger partial charge in [0.2, 0.25) is 0 Å². The van der Waals surface area contributed by atoms with Crippen LogP contribution in [0, 0.1) is 0 Å². The molecular weight excluding hydrogens is 536 g/mol. The Kier molecular flexibility index (Phi) is 15.2.